The molecule has 2 saturated carbocycles. The van der Waals surface area contributed by atoms with E-state index in [0.717, 1.165) is 19.4 Å². The van der Waals surface area contributed by atoms with Gasteiger partial charge in [-0.15, -0.1) is 0 Å². The molecule has 0 heterocycles. The van der Waals surface area contributed by atoms with Gasteiger partial charge in [0.05, 0.1) is 33.0 Å². The van der Waals surface area contributed by atoms with Gasteiger partial charge in [0.15, 0.2) is 5.78 Å². The van der Waals surface area contributed by atoms with Crippen LogP contribution >= 0.6 is 0 Å². The predicted octanol–water partition coefficient (Wildman–Crippen LogP) is 3.29. The minimum Gasteiger partial charge on any atom is -0.379 e. The fraction of sp³-hybridized carbons (Fsp3) is 0.909. The van der Waals surface area contributed by atoms with Crippen LogP contribution in [0.15, 0.2) is 0 Å². The Bertz CT molecular complexity index is 366. The van der Waals surface area contributed by atoms with Gasteiger partial charge in [-0.05, 0) is 13.3 Å². The van der Waals surface area contributed by atoms with Crippen LogP contribution in [-0.4, -0.2) is 71.1 Å². The SMILES string of the molecule is C1CC1.C1CCC1.CCCCOCCOCC(=O)NCCOCCOCC(C)=O. The normalized spacial score (nSPS) is 13.9. The summed E-state index contributed by atoms with van der Waals surface area (Å²) in [5, 5.41) is 2.68. The third-order valence-corrected chi connectivity index (χ3v) is 3.85. The van der Waals surface area contributed by atoms with Crippen molar-refractivity contribution in [1.82, 2.24) is 5.32 Å². The first-order valence-corrected chi connectivity index (χ1v) is 11.2. The number of amides is 1. The Labute approximate surface area is 177 Å². The van der Waals surface area contributed by atoms with E-state index in [4.69, 9.17) is 18.9 Å². The lowest BCUT2D eigenvalue weighted by Gasteiger charge is -2.08. The molecule has 0 aromatic carbocycles. The zero-order valence-electron chi connectivity index (χ0n) is 18.7. The molecule has 0 bridgehead atoms. The molecular formula is C22H43NO6. The second-order valence-electron chi connectivity index (χ2n) is 7.21. The molecule has 1 N–H and O–H groups in total. The first-order chi connectivity index (χ1) is 14.2. The van der Waals surface area contributed by atoms with Crippen LogP contribution in [0.2, 0.25) is 0 Å². The van der Waals surface area contributed by atoms with Gasteiger partial charge in [-0.25, -0.2) is 0 Å². The molecule has 7 heteroatoms. The summed E-state index contributed by atoms with van der Waals surface area (Å²) in [4.78, 5) is 22.0. The molecule has 0 aromatic heterocycles. The fourth-order valence-corrected chi connectivity index (χ4v) is 1.63. The van der Waals surface area contributed by atoms with Crippen molar-refractivity contribution in [2.75, 3.05) is 59.4 Å². The highest BCUT2D eigenvalue weighted by Gasteiger charge is 2.00. The second-order valence-corrected chi connectivity index (χ2v) is 7.21. The molecule has 7 nitrogen and oxygen atoms in total. The van der Waals surface area contributed by atoms with E-state index < -0.39 is 0 Å². The Morgan fingerprint density at radius 2 is 1.17 bits per heavy atom. The van der Waals surface area contributed by atoms with E-state index in [1.54, 1.807) is 0 Å². The van der Waals surface area contributed by atoms with Crippen molar-refractivity contribution in [2.24, 2.45) is 0 Å². The maximum atomic E-state index is 11.4. The standard InChI is InChI=1S/C15H29NO6.C4H8.C3H6/c1-3-4-6-19-8-11-22-13-15(18)16-5-7-20-9-10-21-12-14(2)17;1-2-4-3-1;1-2-3-1/h3-13H2,1-2H3,(H,16,18);1-4H2;1-3H2. The van der Waals surface area contributed by atoms with E-state index in [2.05, 4.69) is 12.2 Å². The number of carbonyl (C=O) groups is 2. The lowest BCUT2D eigenvalue weighted by atomic mass is 10.0. The molecule has 0 saturated heterocycles. The molecule has 1 amide bonds. The van der Waals surface area contributed by atoms with Crippen molar-refractivity contribution in [3.05, 3.63) is 0 Å². The smallest absolute Gasteiger partial charge is 0.246 e. The van der Waals surface area contributed by atoms with Crippen molar-refractivity contribution in [1.29, 1.82) is 0 Å². The first-order valence-electron chi connectivity index (χ1n) is 11.2. The molecule has 0 atom stereocenters. The van der Waals surface area contributed by atoms with Crippen molar-refractivity contribution in [3.63, 3.8) is 0 Å². The molecule has 0 spiro atoms. The number of nitrogens with one attached hydrogen (secondary N) is 1. The highest BCUT2D eigenvalue weighted by atomic mass is 16.5. The molecular weight excluding hydrogens is 374 g/mol. The molecule has 0 radical (unpaired) electrons. The van der Waals surface area contributed by atoms with Crippen LogP contribution < -0.4 is 5.32 Å². The van der Waals surface area contributed by atoms with E-state index in [9.17, 15) is 9.59 Å². The van der Waals surface area contributed by atoms with Gasteiger partial charge in [-0.2, -0.15) is 0 Å². The average molecular weight is 418 g/mol. The molecule has 2 rings (SSSR count). The Kier molecular flexibility index (Phi) is 22.4. The second kappa shape index (κ2) is 23.3. The third-order valence-electron chi connectivity index (χ3n) is 3.85. The maximum absolute atomic E-state index is 11.4. The molecule has 2 fully saturated rings. The maximum Gasteiger partial charge on any atom is 0.246 e. The molecule has 0 aromatic rings. The summed E-state index contributed by atoms with van der Waals surface area (Å²) >= 11 is 0. The molecule has 0 unspecified atom stereocenters. The van der Waals surface area contributed by atoms with Crippen LogP contribution in [0, 0.1) is 0 Å². The number of carbonyl (C=O) groups excluding carboxylic acids is 2. The van der Waals surface area contributed by atoms with Crippen LogP contribution in [0.3, 0.4) is 0 Å². The third kappa shape index (κ3) is 29.3. The van der Waals surface area contributed by atoms with E-state index in [-0.39, 0.29) is 24.9 Å². The lowest BCUT2D eigenvalue weighted by molar-refractivity contribution is -0.126. The largest absolute Gasteiger partial charge is 0.379 e. The van der Waals surface area contributed by atoms with Gasteiger partial charge in [0, 0.05) is 13.2 Å². The zero-order chi connectivity index (χ0) is 21.4. The first kappa shape index (κ1) is 28.0. The number of ether oxygens (including phenoxy) is 4. The van der Waals surface area contributed by atoms with Gasteiger partial charge in [0.2, 0.25) is 5.91 Å². The summed E-state index contributed by atoms with van der Waals surface area (Å²) in [5.41, 5.74) is 0. The van der Waals surface area contributed by atoms with E-state index in [0.29, 0.717) is 39.6 Å². The molecule has 172 valence electrons. The van der Waals surface area contributed by atoms with Gasteiger partial charge >= 0.3 is 0 Å². The van der Waals surface area contributed by atoms with Crippen LogP contribution in [0.4, 0.5) is 0 Å². The number of hydrogen-bond donors (Lipinski definition) is 1. The molecule has 2 aliphatic rings. The van der Waals surface area contributed by atoms with Crippen molar-refractivity contribution in [3.8, 4) is 0 Å². The Balaban J connectivity index is 0.000000917. The lowest BCUT2D eigenvalue weighted by Crippen LogP contribution is -2.31. The van der Waals surface area contributed by atoms with Crippen molar-refractivity contribution < 1.29 is 28.5 Å². The zero-order valence-corrected chi connectivity index (χ0v) is 18.7. The minimum absolute atomic E-state index is 0.0111. The number of Topliss-reactive ketones (excluding diaryl/α,β-unsaturated/α-hetero) is 1. The topological polar surface area (TPSA) is 83.1 Å². The van der Waals surface area contributed by atoms with Gasteiger partial charge in [0.25, 0.3) is 0 Å². The van der Waals surface area contributed by atoms with Gasteiger partial charge in [-0.1, -0.05) is 58.3 Å². The summed E-state index contributed by atoms with van der Waals surface area (Å²) in [7, 11) is 0. The Morgan fingerprint density at radius 1 is 0.690 bits per heavy atom. The molecule has 29 heavy (non-hydrogen) atoms. The summed E-state index contributed by atoms with van der Waals surface area (Å²) in [6, 6.07) is 0. The van der Waals surface area contributed by atoms with E-state index >= 15 is 0 Å². The Morgan fingerprint density at radius 3 is 1.66 bits per heavy atom. The van der Waals surface area contributed by atoms with Gasteiger partial charge in [0.1, 0.15) is 13.2 Å². The number of rotatable bonds is 16. The van der Waals surface area contributed by atoms with Crippen molar-refractivity contribution >= 4 is 11.7 Å². The molecule has 2 aliphatic carbocycles. The van der Waals surface area contributed by atoms with Crippen LogP contribution in [0.5, 0.6) is 0 Å². The number of ketones is 1. The van der Waals surface area contributed by atoms with Gasteiger partial charge in [-0.3, -0.25) is 9.59 Å². The summed E-state index contributed by atoms with van der Waals surface area (Å²) in [6.07, 6.45) is 12.6. The predicted molar refractivity (Wildman–Crippen MR) is 114 cm³/mol. The van der Waals surface area contributed by atoms with Crippen LogP contribution in [0.1, 0.15) is 71.6 Å². The highest BCUT2D eigenvalue weighted by Crippen LogP contribution is 2.15. The summed E-state index contributed by atoms with van der Waals surface area (Å²) in [5.74, 6) is -0.187. The highest BCUT2D eigenvalue weighted by molar-refractivity contribution is 5.77. The number of hydrogen-bond acceptors (Lipinski definition) is 6. The summed E-state index contributed by atoms with van der Waals surface area (Å²) < 4.78 is 20.7. The quantitative estimate of drug-likeness (QED) is 0.388. The Hall–Kier alpha value is -1.02. The average Bonchev–Trinajstić information content (AvgIpc) is 3.50. The number of unbranched alkanes of at least 4 members (excludes halogenated alkanes) is 1. The molecule has 0 aliphatic heterocycles. The minimum atomic E-state index is -0.176. The van der Waals surface area contributed by atoms with E-state index in [1.165, 1.54) is 51.9 Å². The van der Waals surface area contributed by atoms with Crippen molar-refractivity contribution in [2.45, 2.75) is 71.6 Å². The van der Waals surface area contributed by atoms with Crippen LogP contribution in [0.25, 0.3) is 0 Å². The van der Waals surface area contributed by atoms with E-state index in [1.807, 2.05) is 0 Å². The summed E-state index contributed by atoms with van der Waals surface area (Å²) in [6.45, 7) is 6.96. The fourth-order valence-electron chi connectivity index (χ4n) is 1.63. The van der Waals surface area contributed by atoms with Crippen LogP contribution in [-0.2, 0) is 28.5 Å². The monoisotopic (exact) mass is 417 g/mol. The van der Waals surface area contributed by atoms with Gasteiger partial charge < -0.3 is 24.3 Å².